The average Bonchev–Trinajstić information content (AvgIpc) is 3.38. The molecule has 0 radical (unpaired) electrons. The van der Waals surface area contributed by atoms with Gasteiger partial charge in [-0.1, -0.05) is 15.9 Å². The van der Waals surface area contributed by atoms with E-state index in [-0.39, 0.29) is 28.9 Å². The van der Waals surface area contributed by atoms with Crippen LogP contribution in [0.3, 0.4) is 0 Å². The van der Waals surface area contributed by atoms with Gasteiger partial charge in [0, 0.05) is 42.1 Å². The van der Waals surface area contributed by atoms with Crippen LogP contribution in [0, 0.1) is 6.92 Å². The Labute approximate surface area is 255 Å². The summed E-state index contributed by atoms with van der Waals surface area (Å²) in [7, 11) is 3.69. The SMILES string of the molecule is CNc1nccc(-c2cccnc2Oc2cc(Br)cc(C(=O)Nc3cc(C(F)(F)F)cc(C)c3NC3CCN(C)C3)c2)n1. The van der Waals surface area contributed by atoms with Crippen molar-refractivity contribution in [1.82, 2.24) is 19.9 Å². The lowest BCUT2D eigenvalue weighted by atomic mass is 10.0. The summed E-state index contributed by atoms with van der Waals surface area (Å²) in [6, 6.07) is 12.1. The first kappa shape index (κ1) is 30.2. The molecule has 1 amide bonds. The number of likely N-dealkylation sites (tertiary alicyclic amines) is 1. The van der Waals surface area contributed by atoms with Crippen LogP contribution in [-0.2, 0) is 6.18 Å². The lowest BCUT2D eigenvalue weighted by Gasteiger charge is -2.22. The van der Waals surface area contributed by atoms with Crippen molar-refractivity contribution in [2.45, 2.75) is 25.6 Å². The van der Waals surface area contributed by atoms with Crippen molar-refractivity contribution in [3.8, 4) is 22.9 Å². The highest BCUT2D eigenvalue weighted by Crippen LogP contribution is 2.38. The molecule has 1 unspecified atom stereocenters. The fraction of sp³-hybridized carbons (Fsp3) is 0.267. The molecular formula is C30H29BrF3N7O2. The fourth-order valence-electron chi connectivity index (χ4n) is 4.85. The van der Waals surface area contributed by atoms with E-state index in [0.717, 1.165) is 31.6 Å². The first-order valence-corrected chi connectivity index (χ1v) is 14.2. The molecule has 1 saturated heterocycles. The van der Waals surface area contributed by atoms with Gasteiger partial charge in [0.15, 0.2) is 0 Å². The topological polar surface area (TPSA) is 104 Å². The number of anilines is 3. The van der Waals surface area contributed by atoms with Crippen LogP contribution in [0.2, 0.25) is 0 Å². The first-order chi connectivity index (χ1) is 20.5. The van der Waals surface area contributed by atoms with Crippen LogP contribution in [0.5, 0.6) is 11.6 Å². The second kappa shape index (κ2) is 12.6. The summed E-state index contributed by atoms with van der Waals surface area (Å²) in [5.74, 6) is 0.351. The van der Waals surface area contributed by atoms with Crippen LogP contribution >= 0.6 is 15.9 Å². The zero-order valence-electron chi connectivity index (χ0n) is 23.6. The van der Waals surface area contributed by atoms with Crippen LogP contribution in [0.15, 0.2) is 65.4 Å². The van der Waals surface area contributed by atoms with E-state index >= 15 is 0 Å². The molecule has 0 aliphatic carbocycles. The quantitative estimate of drug-likeness (QED) is 0.190. The van der Waals surface area contributed by atoms with Gasteiger partial charge in [-0.3, -0.25) is 4.79 Å². The minimum atomic E-state index is -4.58. The predicted molar refractivity (Wildman–Crippen MR) is 163 cm³/mol. The number of aryl methyl sites for hydroxylation is 1. The van der Waals surface area contributed by atoms with Crippen molar-refractivity contribution in [1.29, 1.82) is 0 Å². The van der Waals surface area contributed by atoms with E-state index in [1.54, 1.807) is 56.7 Å². The van der Waals surface area contributed by atoms with Crippen LogP contribution < -0.4 is 20.7 Å². The van der Waals surface area contributed by atoms with Crippen molar-refractivity contribution in [3.05, 3.63) is 82.1 Å². The van der Waals surface area contributed by atoms with Crippen molar-refractivity contribution in [2.75, 3.05) is 43.1 Å². The number of amides is 1. The van der Waals surface area contributed by atoms with Gasteiger partial charge in [0.1, 0.15) is 5.75 Å². The van der Waals surface area contributed by atoms with E-state index in [4.69, 9.17) is 4.74 Å². The fourth-order valence-corrected chi connectivity index (χ4v) is 5.33. The average molecular weight is 657 g/mol. The molecule has 3 heterocycles. The maximum absolute atomic E-state index is 13.7. The molecule has 1 atom stereocenters. The van der Waals surface area contributed by atoms with Crippen molar-refractivity contribution in [3.63, 3.8) is 0 Å². The van der Waals surface area contributed by atoms with Gasteiger partial charge in [-0.25, -0.2) is 15.0 Å². The van der Waals surface area contributed by atoms with E-state index in [2.05, 4.69) is 51.7 Å². The number of hydrogen-bond acceptors (Lipinski definition) is 8. The number of nitrogens with zero attached hydrogens (tertiary/aromatic N) is 4. The Morgan fingerprint density at radius 1 is 1.12 bits per heavy atom. The molecule has 13 heteroatoms. The number of nitrogens with one attached hydrogen (secondary N) is 3. The normalized spacial score (nSPS) is 15.3. The number of alkyl halides is 3. The third-order valence-corrected chi connectivity index (χ3v) is 7.38. The summed E-state index contributed by atoms with van der Waals surface area (Å²) < 4.78 is 47.8. The monoisotopic (exact) mass is 655 g/mol. The summed E-state index contributed by atoms with van der Waals surface area (Å²) in [6.07, 6.45) is -0.574. The van der Waals surface area contributed by atoms with Crippen LogP contribution in [0.4, 0.5) is 30.5 Å². The Kier molecular flexibility index (Phi) is 8.83. The Balaban J connectivity index is 1.44. The van der Waals surface area contributed by atoms with Crippen molar-refractivity contribution < 1.29 is 22.7 Å². The molecule has 1 aliphatic heterocycles. The summed E-state index contributed by atoms with van der Waals surface area (Å²) in [6.45, 7) is 3.20. The Morgan fingerprint density at radius 2 is 1.93 bits per heavy atom. The summed E-state index contributed by atoms with van der Waals surface area (Å²) in [4.78, 5) is 28.6. The van der Waals surface area contributed by atoms with Crippen LogP contribution in [0.25, 0.3) is 11.3 Å². The Morgan fingerprint density at radius 3 is 2.65 bits per heavy atom. The number of aromatic nitrogens is 3. The van der Waals surface area contributed by atoms with E-state index in [0.29, 0.717) is 32.9 Å². The van der Waals surface area contributed by atoms with Gasteiger partial charge in [-0.15, -0.1) is 0 Å². The summed E-state index contributed by atoms with van der Waals surface area (Å²) >= 11 is 3.42. The van der Waals surface area contributed by atoms with Gasteiger partial charge in [0.2, 0.25) is 11.8 Å². The molecule has 9 nitrogen and oxygen atoms in total. The smallest absolute Gasteiger partial charge is 0.416 e. The van der Waals surface area contributed by atoms with Crippen LogP contribution in [0.1, 0.15) is 27.9 Å². The van der Waals surface area contributed by atoms with Gasteiger partial charge >= 0.3 is 6.18 Å². The van der Waals surface area contributed by atoms with Gasteiger partial charge in [-0.05, 0) is 81.0 Å². The molecule has 5 rings (SSSR count). The highest BCUT2D eigenvalue weighted by molar-refractivity contribution is 9.10. The number of carbonyl (C=O) groups is 1. The third kappa shape index (κ3) is 7.23. The second-order valence-electron chi connectivity index (χ2n) is 10.2. The standard InChI is InChI=1S/C30H29BrF3N7O2/c1-17-11-19(30(32,33)34)14-25(26(17)38-21-7-10-41(3)16-21)39-27(42)18-12-20(31)15-22(13-18)43-28-23(5-4-8-36-28)24-6-9-37-29(35-2)40-24/h4-6,8-9,11-15,21,38H,7,10,16H2,1-3H3,(H,39,42)(H,35,37,40). The number of hydrogen-bond donors (Lipinski definition) is 3. The molecule has 0 spiro atoms. The number of pyridine rings is 1. The highest BCUT2D eigenvalue weighted by atomic mass is 79.9. The zero-order chi connectivity index (χ0) is 30.7. The lowest BCUT2D eigenvalue weighted by Crippen LogP contribution is -2.25. The van der Waals surface area contributed by atoms with E-state index in [9.17, 15) is 18.0 Å². The Hall–Kier alpha value is -4.23. The largest absolute Gasteiger partial charge is 0.438 e. The van der Waals surface area contributed by atoms with Gasteiger partial charge < -0.3 is 25.6 Å². The number of halogens is 4. The maximum Gasteiger partial charge on any atom is 0.416 e. The molecule has 224 valence electrons. The molecule has 2 aromatic carbocycles. The number of likely N-dealkylation sites (N-methyl/N-ethyl adjacent to an activating group) is 1. The molecule has 4 aromatic rings. The van der Waals surface area contributed by atoms with Crippen LogP contribution in [-0.4, -0.2) is 59.0 Å². The predicted octanol–water partition coefficient (Wildman–Crippen LogP) is 6.83. The van der Waals surface area contributed by atoms with Crippen molar-refractivity contribution in [2.24, 2.45) is 0 Å². The maximum atomic E-state index is 13.7. The van der Waals surface area contributed by atoms with E-state index in [1.165, 1.54) is 6.07 Å². The Bertz CT molecular complexity index is 1650. The molecule has 0 saturated carbocycles. The lowest BCUT2D eigenvalue weighted by molar-refractivity contribution is -0.137. The first-order valence-electron chi connectivity index (χ1n) is 13.4. The molecular weight excluding hydrogens is 627 g/mol. The number of carbonyl (C=O) groups excluding carboxylic acids is 1. The molecule has 0 bridgehead atoms. The zero-order valence-corrected chi connectivity index (χ0v) is 25.2. The minimum Gasteiger partial charge on any atom is -0.438 e. The number of ether oxygens (including phenoxy) is 1. The van der Waals surface area contributed by atoms with Crippen molar-refractivity contribution >= 4 is 39.2 Å². The van der Waals surface area contributed by atoms with E-state index < -0.39 is 17.6 Å². The highest BCUT2D eigenvalue weighted by Gasteiger charge is 2.33. The summed E-state index contributed by atoms with van der Waals surface area (Å²) in [5.41, 5.74) is 1.38. The molecule has 2 aromatic heterocycles. The number of benzene rings is 2. The van der Waals surface area contributed by atoms with Gasteiger partial charge in [0.05, 0.1) is 28.2 Å². The van der Waals surface area contributed by atoms with E-state index in [1.807, 2.05) is 7.05 Å². The molecule has 1 aliphatic rings. The second-order valence-corrected chi connectivity index (χ2v) is 11.1. The van der Waals surface area contributed by atoms with Gasteiger partial charge in [-0.2, -0.15) is 13.2 Å². The molecule has 43 heavy (non-hydrogen) atoms. The minimum absolute atomic E-state index is 0.0357. The number of rotatable bonds is 8. The summed E-state index contributed by atoms with van der Waals surface area (Å²) in [5, 5.41) is 8.94. The molecule has 3 N–H and O–H groups in total. The van der Waals surface area contributed by atoms with Gasteiger partial charge in [0.25, 0.3) is 5.91 Å². The third-order valence-electron chi connectivity index (χ3n) is 6.93. The molecule has 1 fully saturated rings.